The highest BCUT2D eigenvalue weighted by Gasteiger charge is 2.25. The third kappa shape index (κ3) is 6.41. The Balaban J connectivity index is 1.83. The standard InChI is InChI=1S/C27H32N2O5/c1-5-15-28(27(31)24-14-13-22(32-3)16-25(24)33-4)19-26(30)29(17-21-9-7-6-8-10-21)18-23-12-11-20(2)34-23/h6-14,16H,5,15,17-19H2,1-4H3. The second-order valence-corrected chi connectivity index (χ2v) is 8.04. The van der Waals surface area contributed by atoms with Gasteiger partial charge in [0.25, 0.3) is 5.91 Å². The van der Waals surface area contributed by atoms with Crippen molar-refractivity contribution in [2.75, 3.05) is 27.3 Å². The van der Waals surface area contributed by atoms with Crippen LogP contribution in [0.4, 0.5) is 0 Å². The minimum atomic E-state index is -0.261. The first-order valence-electron chi connectivity index (χ1n) is 11.3. The molecule has 0 saturated heterocycles. The lowest BCUT2D eigenvalue weighted by atomic mass is 10.1. The van der Waals surface area contributed by atoms with Crippen molar-refractivity contribution in [2.24, 2.45) is 0 Å². The Labute approximate surface area is 200 Å². The van der Waals surface area contributed by atoms with E-state index in [1.807, 2.05) is 56.3 Å². The number of nitrogens with zero attached hydrogens (tertiary/aromatic N) is 2. The van der Waals surface area contributed by atoms with Crippen LogP contribution < -0.4 is 9.47 Å². The summed E-state index contributed by atoms with van der Waals surface area (Å²) in [5, 5.41) is 0. The number of benzene rings is 2. The lowest BCUT2D eigenvalue weighted by Gasteiger charge is -2.27. The quantitative estimate of drug-likeness (QED) is 0.412. The largest absolute Gasteiger partial charge is 0.497 e. The van der Waals surface area contributed by atoms with E-state index < -0.39 is 0 Å². The number of methoxy groups -OCH3 is 2. The van der Waals surface area contributed by atoms with Crippen LogP contribution in [0.5, 0.6) is 11.5 Å². The summed E-state index contributed by atoms with van der Waals surface area (Å²) >= 11 is 0. The van der Waals surface area contributed by atoms with Gasteiger partial charge in [0.2, 0.25) is 5.91 Å². The number of carbonyl (C=O) groups is 2. The molecule has 3 aromatic rings. The molecule has 0 aliphatic rings. The van der Waals surface area contributed by atoms with Crippen LogP contribution in [0, 0.1) is 6.92 Å². The lowest BCUT2D eigenvalue weighted by molar-refractivity contribution is -0.133. The van der Waals surface area contributed by atoms with Gasteiger partial charge in [0.05, 0.1) is 26.3 Å². The zero-order valence-corrected chi connectivity index (χ0v) is 20.2. The fourth-order valence-corrected chi connectivity index (χ4v) is 3.73. The van der Waals surface area contributed by atoms with E-state index in [-0.39, 0.29) is 18.4 Å². The molecular formula is C27H32N2O5. The molecule has 0 aliphatic carbocycles. The second-order valence-electron chi connectivity index (χ2n) is 8.04. The predicted octanol–water partition coefficient (Wildman–Crippen LogP) is 4.69. The fourth-order valence-electron chi connectivity index (χ4n) is 3.73. The van der Waals surface area contributed by atoms with E-state index in [1.54, 1.807) is 35.1 Å². The van der Waals surface area contributed by atoms with E-state index in [4.69, 9.17) is 13.9 Å². The summed E-state index contributed by atoms with van der Waals surface area (Å²) < 4.78 is 16.4. The number of ether oxygens (including phenoxy) is 2. The van der Waals surface area contributed by atoms with Gasteiger partial charge in [-0.2, -0.15) is 0 Å². The predicted molar refractivity (Wildman–Crippen MR) is 130 cm³/mol. The summed E-state index contributed by atoms with van der Waals surface area (Å²) in [4.78, 5) is 30.2. The lowest BCUT2D eigenvalue weighted by Crippen LogP contribution is -2.42. The van der Waals surface area contributed by atoms with Gasteiger partial charge in [-0.05, 0) is 43.2 Å². The highest BCUT2D eigenvalue weighted by Crippen LogP contribution is 2.26. The molecule has 34 heavy (non-hydrogen) atoms. The second kappa shape index (κ2) is 11.9. The molecule has 2 amide bonds. The molecule has 1 aromatic heterocycles. The van der Waals surface area contributed by atoms with E-state index in [9.17, 15) is 9.59 Å². The minimum absolute atomic E-state index is 0.0472. The maximum Gasteiger partial charge on any atom is 0.258 e. The summed E-state index contributed by atoms with van der Waals surface area (Å²) in [6, 6.07) is 18.6. The van der Waals surface area contributed by atoms with Crippen LogP contribution in [0.1, 0.15) is 40.8 Å². The molecule has 2 aromatic carbocycles. The zero-order chi connectivity index (χ0) is 24.5. The van der Waals surface area contributed by atoms with Gasteiger partial charge >= 0.3 is 0 Å². The number of rotatable bonds is 11. The van der Waals surface area contributed by atoms with Crippen LogP contribution in [-0.4, -0.2) is 48.9 Å². The Morgan fingerprint density at radius 2 is 1.68 bits per heavy atom. The first-order chi connectivity index (χ1) is 16.4. The van der Waals surface area contributed by atoms with Gasteiger partial charge in [0.15, 0.2) is 0 Å². The summed E-state index contributed by atoms with van der Waals surface area (Å²) in [6.45, 7) is 4.98. The number of hydrogen-bond acceptors (Lipinski definition) is 5. The maximum absolute atomic E-state index is 13.5. The van der Waals surface area contributed by atoms with Gasteiger partial charge in [0, 0.05) is 19.2 Å². The molecule has 180 valence electrons. The summed E-state index contributed by atoms with van der Waals surface area (Å²) in [5.41, 5.74) is 1.39. The van der Waals surface area contributed by atoms with Crippen LogP contribution in [0.3, 0.4) is 0 Å². The number of furan rings is 1. The molecule has 0 atom stereocenters. The summed E-state index contributed by atoms with van der Waals surface area (Å²) in [6.07, 6.45) is 0.716. The zero-order valence-electron chi connectivity index (χ0n) is 20.2. The Hall–Kier alpha value is -3.74. The van der Waals surface area contributed by atoms with Crippen molar-refractivity contribution >= 4 is 11.8 Å². The minimum Gasteiger partial charge on any atom is -0.497 e. The van der Waals surface area contributed by atoms with Crippen molar-refractivity contribution < 1.29 is 23.5 Å². The van der Waals surface area contributed by atoms with Gasteiger partial charge in [0.1, 0.15) is 29.6 Å². The topological polar surface area (TPSA) is 72.2 Å². The third-order valence-electron chi connectivity index (χ3n) is 5.46. The average molecular weight is 465 g/mol. The van der Waals surface area contributed by atoms with Crippen LogP contribution in [-0.2, 0) is 17.9 Å². The molecular weight excluding hydrogens is 432 g/mol. The Morgan fingerprint density at radius 1 is 0.912 bits per heavy atom. The smallest absolute Gasteiger partial charge is 0.258 e. The van der Waals surface area contributed by atoms with E-state index in [0.717, 1.165) is 11.3 Å². The molecule has 0 radical (unpaired) electrons. The molecule has 0 aliphatic heterocycles. The highest BCUT2D eigenvalue weighted by atomic mass is 16.5. The van der Waals surface area contributed by atoms with Crippen LogP contribution in [0.15, 0.2) is 65.1 Å². The van der Waals surface area contributed by atoms with Gasteiger partial charge < -0.3 is 23.7 Å². The molecule has 7 nitrogen and oxygen atoms in total. The van der Waals surface area contributed by atoms with E-state index >= 15 is 0 Å². The Morgan fingerprint density at radius 3 is 2.29 bits per heavy atom. The van der Waals surface area contributed by atoms with E-state index in [0.29, 0.717) is 48.9 Å². The molecule has 3 rings (SSSR count). The molecule has 0 saturated carbocycles. The van der Waals surface area contributed by atoms with Gasteiger partial charge in [-0.15, -0.1) is 0 Å². The number of amides is 2. The van der Waals surface area contributed by atoms with Crippen molar-refractivity contribution in [3.63, 3.8) is 0 Å². The molecule has 0 fully saturated rings. The average Bonchev–Trinajstić information content (AvgIpc) is 3.27. The van der Waals surface area contributed by atoms with Crippen molar-refractivity contribution in [1.29, 1.82) is 0 Å². The third-order valence-corrected chi connectivity index (χ3v) is 5.46. The molecule has 0 unspecified atom stereocenters. The Bertz CT molecular complexity index is 1090. The Kier molecular flexibility index (Phi) is 8.73. The van der Waals surface area contributed by atoms with E-state index in [2.05, 4.69) is 0 Å². The van der Waals surface area contributed by atoms with Crippen molar-refractivity contribution in [1.82, 2.24) is 9.80 Å². The molecule has 1 heterocycles. The van der Waals surface area contributed by atoms with Crippen molar-refractivity contribution in [3.8, 4) is 11.5 Å². The van der Waals surface area contributed by atoms with Crippen LogP contribution in [0.2, 0.25) is 0 Å². The highest BCUT2D eigenvalue weighted by molar-refractivity contribution is 5.99. The first kappa shape index (κ1) is 24.9. The van der Waals surface area contributed by atoms with Gasteiger partial charge in [-0.25, -0.2) is 0 Å². The maximum atomic E-state index is 13.5. The van der Waals surface area contributed by atoms with Crippen molar-refractivity contribution in [3.05, 3.63) is 83.3 Å². The monoisotopic (exact) mass is 464 g/mol. The van der Waals surface area contributed by atoms with Crippen LogP contribution in [0.25, 0.3) is 0 Å². The van der Waals surface area contributed by atoms with Gasteiger partial charge in [-0.3, -0.25) is 9.59 Å². The summed E-state index contributed by atoms with van der Waals surface area (Å²) in [7, 11) is 3.06. The van der Waals surface area contributed by atoms with Gasteiger partial charge in [-0.1, -0.05) is 37.3 Å². The molecule has 0 bridgehead atoms. The molecule has 0 N–H and O–H groups in total. The van der Waals surface area contributed by atoms with Crippen molar-refractivity contribution in [2.45, 2.75) is 33.4 Å². The molecule has 0 spiro atoms. The first-order valence-corrected chi connectivity index (χ1v) is 11.3. The molecule has 7 heteroatoms. The number of carbonyl (C=O) groups excluding carboxylic acids is 2. The van der Waals surface area contributed by atoms with E-state index in [1.165, 1.54) is 7.11 Å². The summed E-state index contributed by atoms with van der Waals surface area (Å²) in [5.74, 6) is 2.07. The normalized spacial score (nSPS) is 10.6. The van der Waals surface area contributed by atoms with Crippen LogP contribution >= 0.6 is 0 Å². The SMILES string of the molecule is CCCN(CC(=O)N(Cc1ccccc1)Cc1ccc(C)o1)C(=O)c1ccc(OC)cc1OC. The number of aryl methyl sites for hydroxylation is 1. The fraction of sp³-hybridized carbons (Fsp3) is 0.333. The number of hydrogen-bond donors (Lipinski definition) is 0.